The number of benzene rings is 1. The molecular formula is C17H14N2O4. The fourth-order valence-electron chi connectivity index (χ4n) is 2.44. The van der Waals surface area contributed by atoms with E-state index < -0.39 is 11.9 Å². The van der Waals surface area contributed by atoms with E-state index in [1.807, 2.05) is 30.3 Å². The maximum Gasteiger partial charge on any atom is 0.328 e. The molecule has 0 bridgehead atoms. The summed E-state index contributed by atoms with van der Waals surface area (Å²) < 4.78 is 5.40. The topological polar surface area (TPSA) is 83.1 Å². The second-order valence-electron chi connectivity index (χ2n) is 5.00. The van der Waals surface area contributed by atoms with Crippen LogP contribution in [0.25, 0.3) is 0 Å². The first-order valence-electron chi connectivity index (χ1n) is 7.05. The van der Waals surface area contributed by atoms with E-state index >= 15 is 0 Å². The maximum absolute atomic E-state index is 12.3. The third kappa shape index (κ3) is 3.21. The Kier molecular flexibility index (Phi) is 4.05. The van der Waals surface area contributed by atoms with Crippen LogP contribution in [0.5, 0.6) is 0 Å². The molecule has 1 atom stereocenters. The number of aliphatic carboxylic acids is 1. The van der Waals surface area contributed by atoms with Crippen LogP contribution in [0.1, 0.15) is 23.8 Å². The number of nitrogens with zero attached hydrogens (tertiary/aromatic N) is 2. The second kappa shape index (κ2) is 6.31. The fourth-order valence-corrected chi connectivity index (χ4v) is 2.44. The van der Waals surface area contributed by atoms with Gasteiger partial charge in [0.05, 0.1) is 12.0 Å². The number of carbonyl (C=O) groups excluding carboxylic acids is 1. The number of hydrogen-bond donors (Lipinski definition) is 1. The summed E-state index contributed by atoms with van der Waals surface area (Å²) in [7, 11) is 0. The summed E-state index contributed by atoms with van der Waals surface area (Å²) in [6.45, 7) is 0. The molecule has 1 aliphatic heterocycles. The van der Waals surface area contributed by atoms with E-state index in [1.54, 1.807) is 12.1 Å². The average Bonchev–Trinajstić information content (AvgIpc) is 3.22. The number of amides is 1. The van der Waals surface area contributed by atoms with Crippen molar-refractivity contribution in [3.8, 4) is 0 Å². The predicted molar refractivity (Wildman–Crippen MR) is 82.7 cm³/mol. The number of carboxylic acids is 1. The summed E-state index contributed by atoms with van der Waals surface area (Å²) in [5, 5.41) is 14.3. The van der Waals surface area contributed by atoms with Gasteiger partial charge in [-0.3, -0.25) is 4.79 Å². The molecule has 0 radical (unpaired) electrons. The number of carboxylic acid groups (broad SMARTS) is 1. The SMILES string of the molecule is O=C(O)/C=C\C(=O)N1N=C(c2ccccc2)CC1c1ccco1. The Balaban J connectivity index is 1.92. The predicted octanol–water partition coefficient (Wildman–Crippen LogP) is 2.60. The van der Waals surface area contributed by atoms with Gasteiger partial charge in [0.1, 0.15) is 11.8 Å². The van der Waals surface area contributed by atoms with E-state index in [0.717, 1.165) is 23.4 Å². The highest BCUT2D eigenvalue weighted by Gasteiger charge is 2.33. The quantitative estimate of drug-likeness (QED) is 0.880. The van der Waals surface area contributed by atoms with Gasteiger partial charge in [-0.2, -0.15) is 5.10 Å². The van der Waals surface area contributed by atoms with E-state index in [2.05, 4.69) is 5.10 Å². The van der Waals surface area contributed by atoms with Crippen LogP contribution < -0.4 is 0 Å². The Morgan fingerprint density at radius 1 is 1.17 bits per heavy atom. The highest BCUT2D eigenvalue weighted by molar-refractivity contribution is 6.04. The van der Waals surface area contributed by atoms with Crippen molar-refractivity contribution in [1.82, 2.24) is 5.01 Å². The summed E-state index contributed by atoms with van der Waals surface area (Å²) in [4.78, 5) is 22.9. The molecule has 1 aromatic heterocycles. The molecule has 6 heteroatoms. The summed E-state index contributed by atoms with van der Waals surface area (Å²) in [5.74, 6) is -1.07. The van der Waals surface area contributed by atoms with Gasteiger partial charge in [0, 0.05) is 18.6 Å². The monoisotopic (exact) mass is 310 g/mol. The van der Waals surface area contributed by atoms with Crippen LogP contribution in [-0.4, -0.2) is 27.7 Å². The number of furan rings is 1. The largest absolute Gasteiger partial charge is 0.478 e. The second-order valence-corrected chi connectivity index (χ2v) is 5.00. The third-order valence-electron chi connectivity index (χ3n) is 3.48. The van der Waals surface area contributed by atoms with E-state index in [1.165, 1.54) is 11.3 Å². The van der Waals surface area contributed by atoms with Gasteiger partial charge in [0.15, 0.2) is 0 Å². The Labute approximate surface area is 132 Å². The van der Waals surface area contributed by atoms with Crippen molar-refractivity contribution in [2.45, 2.75) is 12.5 Å². The first-order chi connectivity index (χ1) is 11.1. The molecule has 116 valence electrons. The maximum atomic E-state index is 12.3. The minimum Gasteiger partial charge on any atom is -0.478 e. The Hall–Kier alpha value is -3.15. The molecule has 0 aliphatic carbocycles. The normalized spacial score (nSPS) is 17.5. The third-order valence-corrected chi connectivity index (χ3v) is 3.48. The lowest BCUT2D eigenvalue weighted by Crippen LogP contribution is -2.25. The molecule has 1 aromatic carbocycles. The fraction of sp³-hybridized carbons (Fsp3) is 0.118. The van der Waals surface area contributed by atoms with Gasteiger partial charge < -0.3 is 9.52 Å². The lowest BCUT2D eigenvalue weighted by molar-refractivity contribution is -0.132. The van der Waals surface area contributed by atoms with Crippen molar-refractivity contribution in [1.29, 1.82) is 0 Å². The first kappa shape index (κ1) is 14.8. The highest BCUT2D eigenvalue weighted by atomic mass is 16.4. The zero-order valence-corrected chi connectivity index (χ0v) is 12.1. The minimum atomic E-state index is -1.18. The average molecular weight is 310 g/mol. The van der Waals surface area contributed by atoms with E-state index in [9.17, 15) is 9.59 Å². The number of carbonyl (C=O) groups is 2. The molecule has 2 heterocycles. The first-order valence-corrected chi connectivity index (χ1v) is 7.05. The van der Waals surface area contributed by atoms with E-state index in [-0.39, 0.29) is 6.04 Å². The summed E-state index contributed by atoms with van der Waals surface area (Å²) in [6, 6.07) is 12.7. The van der Waals surface area contributed by atoms with Crippen LogP contribution in [-0.2, 0) is 9.59 Å². The van der Waals surface area contributed by atoms with Crippen LogP contribution >= 0.6 is 0 Å². The van der Waals surface area contributed by atoms with Crippen LogP contribution in [0, 0.1) is 0 Å². The molecular weight excluding hydrogens is 296 g/mol. The van der Waals surface area contributed by atoms with Gasteiger partial charge >= 0.3 is 5.97 Å². The summed E-state index contributed by atoms with van der Waals surface area (Å²) in [5.41, 5.74) is 1.67. The van der Waals surface area contributed by atoms with Crippen molar-refractivity contribution < 1.29 is 19.1 Å². The minimum absolute atomic E-state index is 0.383. The Bertz CT molecular complexity index is 763. The van der Waals surface area contributed by atoms with E-state index in [0.29, 0.717) is 12.2 Å². The Morgan fingerprint density at radius 3 is 2.61 bits per heavy atom. The van der Waals surface area contributed by atoms with Gasteiger partial charge in [0.2, 0.25) is 0 Å². The standard InChI is InChI=1S/C17H14N2O4/c20-16(8-9-17(21)22)19-14(15-7-4-10-23-15)11-13(18-19)12-5-2-1-3-6-12/h1-10,14H,11H2,(H,21,22)/b9-8-. The molecule has 1 amide bonds. The highest BCUT2D eigenvalue weighted by Crippen LogP contribution is 2.33. The molecule has 1 unspecified atom stereocenters. The van der Waals surface area contributed by atoms with Crippen LogP contribution in [0.15, 0.2) is 70.4 Å². The van der Waals surface area contributed by atoms with Gasteiger partial charge in [0.25, 0.3) is 5.91 Å². The lowest BCUT2D eigenvalue weighted by Gasteiger charge is -2.17. The van der Waals surface area contributed by atoms with Crippen molar-refractivity contribution in [2.24, 2.45) is 5.10 Å². The van der Waals surface area contributed by atoms with E-state index in [4.69, 9.17) is 9.52 Å². The van der Waals surface area contributed by atoms with Crippen molar-refractivity contribution in [3.05, 3.63) is 72.2 Å². The molecule has 23 heavy (non-hydrogen) atoms. The zero-order chi connectivity index (χ0) is 16.2. The summed E-state index contributed by atoms with van der Waals surface area (Å²) in [6.07, 6.45) is 3.84. The van der Waals surface area contributed by atoms with Crippen LogP contribution in [0.4, 0.5) is 0 Å². The molecule has 0 fully saturated rings. The molecule has 6 nitrogen and oxygen atoms in total. The number of hydrogen-bond acceptors (Lipinski definition) is 4. The van der Waals surface area contributed by atoms with Gasteiger partial charge in [-0.15, -0.1) is 0 Å². The zero-order valence-electron chi connectivity index (χ0n) is 12.1. The van der Waals surface area contributed by atoms with Crippen molar-refractivity contribution >= 4 is 17.6 Å². The van der Waals surface area contributed by atoms with Gasteiger partial charge in [-0.25, -0.2) is 9.80 Å². The Morgan fingerprint density at radius 2 is 1.96 bits per heavy atom. The molecule has 0 saturated carbocycles. The van der Waals surface area contributed by atoms with Crippen LogP contribution in [0.3, 0.4) is 0 Å². The number of hydrazone groups is 1. The molecule has 0 spiro atoms. The van der Waals surface area contributed by atoms with Gasteiger partial charge in [-0.1, -0.05) is 30.3 Å². The smallest absolute Gasteiger partial charge is 0.328 e. The van der Waals surface area contributed by atoms with Crippen molar-refractivity contribution in [3.63, 3.8) is 0 Å². The molecule has 3 rings (SSSR count). The molecule has 0 saturated heterocycles. The lowest BCUT2D eigenvalue weighted by atomic mass is 10.0. The molecule has 2 aromatic rings. The van der Waals surface area contributed by atoms with Gasteiger partial charge in [-0.05, 0) is 17.7 Å². The van der Waals surface area contributed by atoms with Crippen LogP contribution in [0.2, 0.25) is 0 Å². The summed E-state index contributed by atoms with van der Waals surface area (Å²) >= 11 is 0. The molecule has 1 aliphatic rings. The number of rotatable bonds is 4. The molecule has 1 N–H and O–H groups in total. The van der Waals surface area contributed by atoms with Crippen molar-refractivity contribution in [2.75, 3.05) is 0 Å².